The summed E-state index contributed by atoms with van der Waals surface area (Å²) in [6, 6.07) is 12.3. The molecule has 0 atom stereocenters. The lowest BCUT2D eigenvalue weighted by atomic mass is 9.91. The van der Waals surface area contributed by atoms with Gasteiger partial charge in [0.15, 0.2) is 5.69 Å². The van der Waals surface area contributed by atoms with Crippen LogP contribution in [0.1, 0.15) is 41.7 Å². The number of hydrogen-bond donors (Lipinski definition) is 2. The lowest BCUT2D eigenvalue weighted by molar-refractivity contribution is -0.140. The Morgan fingerprint density at radius 3 is 2.29 bits per heavy atom. The zero-order chi connectivity index (χ0) is 23.7. The fourth-order valence-electron chi connectivity index (χ4n) is 4.24. The van der Waals surface area contributed by atoms with E-state index in [4.69, 9.17) is 0 Å². The third-order valence-electron chi connectivity index (χ3n) is 6.04. The number of nitrogens with one attached hydrogen (secondary N) is 2. The van der Waals surface area contributed by atoms with E-state index in [1.165, 1.54) is 4.40 Å². The van der Waals surface area contributed by atoms with Crippen LogP contribution >= 0.6 is 0 Å². The molecule has 0 unspecified atom stereocenters. The van der Waals surface area contributed by atoms with Crippen LogP contribution in [0.5, 0.6) is 0 Å². The smallest absolute Gasteiger partial charge is 0.368 e. The van der Waals surface area contributed by atoms with Gasteiger partial charge in [-0.2, -0.15) is 13.2 Å². The molecule has 0 spiro atoms. The molecule has 11 heteroatoms. The van der Waals surface area contributed by atoms with Crippen molar-refractivity contribution in [2.45, 2.75) is 43.9 Å². The summed E-state index contributed by atoms with van der Waals surface area (Å²) in [6.45, 7) is 0. The van der Waals surface area contributed by atoms with Gasteiger partial charge in [0.1, 0.15) is 24.1 Å². The molecule has 0 aliphatic heterocycles. The van der Waals surface area contributed by atoms with E-state index in [1.807, 2.05) is 12.1 Å². The zero-order valence-electron chi connectivity index (χ0n) is 18.0. The highest BCUT2D eigenvalue weighted by molar-refractivity contribution is 5.94. The number of fused-ring (bicyclic) bond motifs is 1. The second-order valence-corrected chi connectivity index (χ2v) is 8.35. The van der Waals surface area contributed by atoms with Crippen LogP contribution in [0.3, 0.4) is 0 Å². The summed E-state index contributed by atoms with van der Waals surface area (Å²) >= 11 is 0. The van der Waals surface area contributed by atoms with Crippen molar-refractivity contribution in [1.29, 1.82) is 0 Å². The summed E-state index contributed by atoms with van der Waals surface area (Å²) in [5.74, 6) is 0.441. The van der Waals surface area contributed by atoms with Gasteiger partial charge in [0.2, 0.25) is 0 Å². The number of amides is 1. The van der Waals surface area contributed by atoms with E-state index in [1.54, 1.807) is 47.6 Å². The number of nitrogens with zero attached hydrogens (tertiary/aromatic N) is 5. The maximum Gasteiger partial charge on any atom is 0.434 e. The van der Waals surface area contributed by atoms with Crippen molar-refractivity contribution in [3.05, 3.63) is 72.6 Å². The number of carbonyl (C=O) groups excluding carboxylic acids is 1. The third-order valence-corrected chi connectivity index (χ3v) is 6.04. The standard InChI is InChI=1S/C23H22F3N7O/c24-23(25,26)19-12-33-20(2-1-3-21(33)31-19)29-16-6-8-17(9-7-16)30-22(34)15-4-10-18(11-5-15)32-13-27-28-14-32/h1-5,10-14,16-17,29H,6-9H2,(H,30,34). The molecule has 1 aliphatic carbocycles. The molecule has 1 amide bonds. The number of alkyl halides is 3. The van der Waals surface area contributed by atoms with Gasteiger partial charge in [0, 0.05) is 29.5 Å². The minimum absolute atomic E-state index is 0.0453. The molecule has 3 aromatic heterocycles. The molecule has 1 fully saturated rings. The third kappa shape index (κ3) is 4.59. The molecule has 176 valence electrons. The molecule has 1 saturated carbocycles. The summed E-state index contributed by atoms with van der Waals surface area (Å²) in [7, 11) is 0. The second kappa shape index (κ2) is 8.81. The number of aromatic nitrogens is 5. The van der Waals surface area contributed by atoms with Gasteiger partial charge < -0.3 is 10.6 Å². The highest BCUT2D eigenvalue weighted by Crippen LogP contribution is 2.30. The van der Waals surface area contributed by atoms with Gasteiger partial charge in [0.25, 0.3) is 5.91 Å². The van der Waals surface area contributed by atoms with Gasteiger partial charge in [-0.25, -0.2) is 4.98 Å². The molecular formula is C23H22F3N7O. The summed E-state index contributed by atoms with van der Waals surface area (Å²) in [4.78, 5) is 16.3. The van der Waals surface area contributed by atoms with Crippen LogP contribution in [0, 0.1) is 0 Å². The molecule has 1 aliphatic rings. The SMILES string of the molecule is O=C(NC1CCC(Nc2cccc3nc(C(F)(F)F)cn23)CC1)c1ccc(-n2cnnc2)cc1. The van der Waals surface area contributed by atoms with E-state index in [2.05, 4.69) is 25.8 Å². The van der Waals surface area contributed by atoms with E-state index < -0.39 is 11.9 Å². The van der Waals surface area contributed by atoms with E-state index in [0.29, 0.717) is 11.4 Å². The Kier molecular flexibility index (Phi) is 5.68. The quantitative estimate of drug-likeness (QED) is 0.460. The Hall–Kier alpha value is -3.89. The molecule has 34 heavy (non-hydrogen) atoms. The highest BCUT2D eigenvalue weighted by Gasteiger charge is 2.34. The van der Waals surface area contributed by atoms with Crippen LogP contribution in [0.4, 0.5) is 19.0 Å². The summed E-state index contributed by atoms with van der Waals surface area (Å²) < 4.78 is 42.3. The minimum atomic E-state index is -4.49. The van der Waals surface area contributed by atoms with E-state index in [0.717, 1.165) is 37.6 Å². The van der Waals surface area contributed by atoms with Crippen molar-refractivity contribution in [2.24, 2.45) is 0 Å². The molecule has 8 nitrogen and oxygen atoms in total. The molecule has 5 rings (SSSR count). The van der Waals surface area contributed by atoms with E-state index in [-0.39, 0.29) is 23.6 Å². The Labute approximate surface area is 192 Å². The van der Waals surface area contributed by atoms with Gasteiger partial charge >= 0.3 is 6.18 Å². The number of benzene rings is 1. The van der Waals surface area contributed by atoms with Crippen molar-refractivity contribution >= 4 is 17.4 Å². The van der Waals surface area contributed by atoms with Gasteiger partial charge in [-0.1, -0.05) is 6.07 Å². The zero-order valence-corrected chi connectivity index (χ0v) is 18.0. The Bertz CT molecular complexity index is 1270. The number of imidazole rings is 1. The normalized spacial score (nSPS) is 18.7. The monoisotopic (exact) mass is 469 g/mol. The number of anilines is 1. The number of carbonyl (C=O) groups is 1. The lowest BCUT2D eigenvalue weighted by Crippen LogP contribution is -2.40. The average Bonchev–Trinajstić information content (AvgIpc) is 3.51. The molecule has 3 heterocycles. The molecular weight excluding hydrogens is 447 g/mol. The largest absolute Gasteiger partial charge is 0.434 e. The van der Waals surface area contributed by atoms with Crippen molar-refractivity contribution < 1.29 is 18.0 Å². The summed E-state index contributed by atoms with van der Waals surface area (Å²) in [5, 5.41) is 14.0. The molecule has 1 aromatic carbocycles. The topological polar surface area (TPSA) is 89.1 Å². The van der Waals surface area contributed by atoms with Gasteiger partial charge in [-0.05, 0) is 62.1 Å². The van der Waals surface area contributed by atoms with Crippen molar-refractivity contribution in [1.82, 2.24) is 29.5 Å². The first-order valence-electron chi connectivity index (χ1n) is 10.9. The van der Waals surface area contributed by atoms with Crippen LogP contribution < -0.4 is 10.6 Å². The van der Waals surface area contributed by atoms with Gasteiger partial charge in [-0.15, -0.1) is 10.2 Å². The van der Waals surface area contributed by atoms with Gasteiger partial charge in [-0.3, -0.25) is 13.8 Å². The first kappa shape index (κ1) is 21.9. The molecule has 2 N–H and O–H groups in total. The van der Waals surface area contributed by atoms with Crippen LogP contribution in [0.25, 0.3) is 11.3 Å². The number of rotatable bonds is 5. The lowest BCUT2D eigenvalue weighted by Gasteiger charge is -2.30. The van der Waals surface area contributed by atoms with Crippen LogP contribution in [0.2, 0.25) is 0 Å². The summed E-state index contributed by atoms with van der Waals surface area (Å²) in [5.41, 5.74) is 0.768. The van der Waals surface area contributed by atoms with Crippen LogP contribution in [0.15, 0.2) is 61.3 Å². The van der Waals surface area contributed by atoms with Gasteiger partial charge in [0.05, 0.1) is 0 Å². The van der Waals surface area contributed by atoms with E-state index in [9.17, 15) is 18.0 Å². The number of pyridine rings is 1. The van der Waals surface area contributed by atoms with Crippen molar-refractivity contribution in [3.8, 4) is 5.69 Å². The maximum absolute atomic E-state index is 13.0. The molecule has 4 aromatic rings. The Morgan fingerprint density at radius 2 is 1.62 bits per heavy atom. The molecule has 0 saturated heterocycles. The van der Waals surface area contributed by atoms with Crippen molar-refractivity contribution in [3.63, 3.8) is 0 Å². The van der Waals surface area contributed by atoms with Crippen LogP contribution in [-0.2, 0) is 6.18 Å². The van der Waals surface area contributed by atoms with E-state index >= 15 is 0 Å². The summed E-state index contributed by atoms with van der Waals surface area (Å²) in [6.07, 6.45) is 2.82. The Morgan fingerprint density at radius 1 is 0.941 bits per heavy atom. The Balaban J connectivity index is 1.17. The minimum Gasteiger partial charge on any atom is -0.368 e. The number of halogens is 3. The maximum atomic E-state index is 13.0. The number of hydrogen-bond acceptors (Lipinski definition) is 5. The molecule has 0 radical (unpaired) electrons. The first-order valence-corrected chi connectivity index (χ1v) is 10.9. The predicted octanol–water partition coefficient (Wildman–Crippen LogP) is 4.09. The molecule has 0 bridgehead atoms. The fraction of sp³-hybridized carbons (Fsp3) is 0.304. The fourth-order valence-corrected chi connectivity index (χ4v) is 4.24. The first-order chi connectivity index (χ1) is 16.4. The van der Waals surface area contributed by atoms with Crippen LogP contribution in [-0.4, -0.2) is 42.1 Å². The van der Waals surface area contributed by atoms with Crippen molar-refractivity contribution in [2.75, 3.05) is 5.32 Å². The second-order valence-electron chi connectivity index (χ2n) is 8.35. The predicted molar refractivity (Wildman–Crippen MR) is 119 cm³/mol. The highest BCUT2D eigenvalue weighted by atomic mass is 19.4. The average molecular weight is 469 g/mol.